The SMILES string of the molecule is C=CC(=O)N(C)c1ccc(C(=O)N(C)C2CCN(CC)CC2C)cc1. The molecular weight excluding hydrogens is 314 g/mol. The second kappa shape index (κ2) is 8.30. The highest BCUT2D eigenvalue weighted by Gasteiger charge is 2.31. The van der Waals surface area contributed by atoms with Gasteiger partial charge in [0, 0.05) is 44.5 Å². The number of likely N-dealkylation sites (tertiary alicyclic amines) is 1. The molecule has 0 N–H and O–H groups in total. The van der Waals surface area contributed by atoms with Crippen LogP contribution in [0, 0.1) is 5.92 Å². The number of hydrogen-bond acceptors (Lipinski definition) is 3. The highest BCUT2D eigenvalue weighted by Crippen LogP contribution is 2.23. The summed E-state index contributed by atoms with van der Waals surface area (Å²) in [4.78, 5) is 30.3. The lowest BCUT2D eigenvalue weighted by atomic mass is 9.92. The third-order valence-electron chi connectivity index (χ3n) is 5.22. The quantitative estimate of drug-likeness (QED) is 0.772. The third kappa shape index (κ3) is 4.28. The maximum absolute atomic E-state index is 12.8. The summed E-state index contributed by atoms with van der Waals surface area (Å²) >= 11 is 0. The molecule has 0 spiro atoms. The van der Waals surface area contributed by atoms with Gasteiger partial charge in [0.1, 0.15) is 0 Å². The van der Waals surface area contributed by atoms with Gasteiger partial charge in [0.15, 0.2) is 0 Å². The zero-order valence-electron chi connectivity index (χ0n) is 15.7. The Bertz CT molecular complexity index is 626. The average Bonchev–Trinajstić information content (AvgIpc) is 2.65. The van der Waals surface area contributed by atoms with E-state index in [2.05, 4.69) is 25.3 Å². The van der Waals surface area contributed by atoms with Gasteiger partial charge in [-0.3, -0.25) is 9.59 Å². The molecular formula is C20H29N3O2. The van der Waals surface area contributed by atoms with Crippen molar-refractivity contribution in [1.29, 1.82) is 0 Å². The molecule has 25 heavy (non-hydrogen) atoms. The lowest BCUT2D eigenvalue weighted by Crippen LogP contribution is -2.50. The summed E-state index contributed by atoms with van der Waals surface area (Å²) < 4.78 is 0. The lowest BCUT2D eigenvalue weighted by molar-refractivity contribution is -0.113. The summed E-state index contributed by atoms with van der Waals surface area (Å²) in [5.41, 5.74) is 1.39. The normalized spacial score (nSPS) is 20.8. The number of anilines is 1. The van der Waals surface area contributed by atoms with E-state index in [1.165, 1.54) is 11.0 Å². The Hall–Kier alpha value is -2.14. The Morgan fingerprint density at radius 2 is 1.92 bits per heavy atom. The van der Waals surface area contributed by atoms with E-state index in [1.807, 2.05) is 11.9 Å². The van der Waals surface area contributed by atoms with Crippen molar-refractivity contribution >= 4 is 17.5 Å². The molecule has 1 aromatic rings. The molecule has 0 saturated carbocycles. The van der Waals surface area contributed by atoms with Crippen LogP contribution in [0.15, 0.2) is 36.9 Å². The van der Waals surface area contributed by atoms with Crippen LogP contribution in [0.25, 0.3) is 0 Å². The number of carbonyl (C=O) groups excluding carboxylic acids is 2. The van der Waals surface area contributed by atoms with Crippen LogP contribution in [-0.2, 0) is 4.79 Å². The van der Waals surface area contributed by atoms with E-state index < -0.39 is 0 Å². The fourth-order valence-electron chi connectivity index (χ4n) is 3.53. The van der Waals surface area contributed by atoms with Crippen molar-refractivity contribution in [2.24, 2.45) is 5.92 Å². The van der Waals surface area contributed by atoms with Crippen LogP contribution in [0.4, 0.5) is 5.69 Å². The van der Waals surface area contributed by atoms with Crippen LogP contribution >= 0.6 is 0 Å². The van der Waals surface area contributed by atoms with Gasteiger partial charge in [-0.1, -0.05) is 20.4 Å². The van der Waals surface area contributed by atoms with Gasteiger partial charge in [-0.15, -0.1) is 0 Å². The number of likely N-dealkylation sites (N-methyl/N-ethyl adjacent to an activating group) is 1. The maximum atomic E-state index is 12.8. The van der Waals surface area contributed by atoms with Crippen LogP contribution in [-0.4, -0.2) is 61.4 Å². The lowest BCUT2D eigenvalue weighted by Gasteiger charge is -2.41. The second-order valence-corrected chi connectivity index (χ2v) is 6.79. The molecule has 0 aliphatic carbocycles. The highest BCUT2D eigenvalue weighted by atomic mass is 16.2. The largest absolute Gasteiger partial charge is 0.338 e. The van der Waals surface area contributed by atoms with Gasteiger partial charge >= 0.3 is 0 Å². The predicted molar refractivity (Wildman–Crippen MR) is 102 cm³/mol. The number of benzene rings is 1. The van der Waals surface area contributed by atoms with E-state index in [9.17, 15) is 9.59 Å². The molecule has 5 heteroatoms. The van der Waals surface area contributed by atoms with Crippen LogP contribution < -0.4 is 4.90 Å². The number of amides is 2. The monoisotopic (exact) mass is 343 g/mol. The first-order valence-electron chi connectivity index (χ1n) is 8.88. The molecule has 2 amide bonds. The molecule has 0 bridgehead atoms. The molecule has 1 aliphatic rings. The minimum Gasteiger partial charge on any atom is -0.338 e. The van der Waals surface area contributed by atoms with Gasteiger partial charge in [-0.2, -0.15) is 0 Å². The number of piperidine rings is 1. The zero-order valence-corrected chi connectivity index (χ0v) is 15.7. The van der Waals surface area contributed by atoms with Gasteiger partial charge in [-0.25, -0.2) is 0 Å². The topological polar surface area (TPSA) is 43.9 Å². The van der Waals surface area contributed by atoms with Crippen molar-refractivity contribution in [3.05, 3.63) is 42.5 Å². The first kappa shape index (κ1) is 19.2. The van der Waals surface area contributed by atoms with Crippen molar-refractivity contribution in [2.75, 3.05) is 38.6 Å². The van der Waals surface area contributed by atoms with E-state index >= 15 is 0 Å². The zero-order chi connectivity index (χ0) is 18.6. The first-order chi connectivity index (χ1) is 11.9. The van der Waals surface area contributed by atoms with Crippen molar-refractivity contribution < 1.29 is 9.59 Å². The molecule has 136 valence electrons. The van der Waals surface area contributed by atoms with E-state index in [0.29, 0.717) is 11.5 Å². The Morgan fingerprint density at radius 1 is 1.28 bits per heavy atom. The predicted octanol–water partition coefficient (Wildman–Crippen LogP) is 2.64. The molecule has 2 unspecified atom stereocenters. The molecule has 2 atom stereocenters. The highest BCUT2D eigenvalue weighted by molar-refractivity contribution is 6.01. The van der Waals surface area contributed by atoms with E-state index in [-0.39, 0.29) is 17.9 Å². The van der Waals surface area contributed by atoms with Crippen molar-refractivity contribution in [3.63, 3.8) is 0 Å². The number of carbonyl (C=O) groups is 2. The Labute approximate surface area is 150 Å². The van der Waals surface area contributed by atoms with Crippen molar-refractivity contribution in [3.8, 4) is 0 Å². The number of rotatable bonds is 5. The van der Waals surface area contributed by atoms with E-state index in [1.54, 1.807) is 31.3 Å². The molecule has 1 heterocycles. The molecule has 0 aromatic heterocycles. The smallest absolute Gasteiger partial charge is 0.253 e. The summed E-state index contributed by atoms with van der Waals surface area (Å²) in [6, 6.07) is 7.43. The molecule has 1 saturated heterocycles. The Kier molecular flexibility index (Phi) is 6.37. The second-order valence-electron chi connectivity index (χ2n) is 6.79. The van der Waals surface area contributed by atoms with Gasteiger partial charge < -0.3 is 14.7 Å². The summed E-state index contributed by atoms with van der Waals surface area (Å²) in [5.74, 6) is 0.317. The standard InChI is InChI=1S/C20H29N3O2/c1-6-19(24)21(4)17-10-8-16(9-11-17)20(25)22(5)18-12-13-23(7-2)14-15(18)3/h6,8-11,15,18H,1,7,12-14H2,2-5H3. The number of hydrogen-bond donors (Lipinski definition) is 0. The van der Waals surface area contributed by atoms with Crippen molar-refractivity contribution in [1.82, 2.24) is 9.80 Å². The molecule has 0 radical (unpaired) electrons. The van der Waals surface area contributed by atoms with E-state index in [4.69, 9.17) is 0 Å². The summed E-state index contributed by atoms with van der Waals surface area (Å²) in [7, 11) is 3.59. The van der Waals surface area contributed by atoms with Crippen molar-refractivity contribution in [2.45, 2.75) is 26.3 Å². The first-order valence-corrected chi connectivity index (χ1v) is 8.88. The fourth-order valence-corrected chi connectivity index (χ4v) is 3.53. The van der Waals surface area contributed by atoms with Gasteiger partial charge in [-0.05, 0) is 49.2 Å². The number of nitrogens with zero attached hydrogens (tertiary/aromatic N) is 3. The molecule has 2 rings (SSSR count). The summed E-state index contributed by atoms with van der Waals surface area (Å²) in [6.45, 7) is 11.0. The molecule has 1 aliphatic heterocycles. The van der Waals surface area contributed by atoms with Crippen LogP contribution in [0.5, 0.6) is 0 Å². The summed E-state index contributed by atoms with van der Waals surface area (Å²) in [5, 5.41) is 0. The summed E-state index contributed by atoms with van der Waals surface area (Å²) in [6.07, 6.45) is 2.28. The van der Waals surface area contributed by atoms with Crippen LogP contribution in [0.2, 0.25) is 0 Å². The molecule has 1 fully saturated rings. The minimum absolute atomic E-state index is 0.0334. The van der Waals surface area contributed by atoms with Gasteiger partial charge in [0.25, 0.3) is 5.91 Å². The average molecular weight is 343 g/mol. The molecule has 5 nitrogen and oxygen atoms in total. The fraction of sp³-hybridized carbons (Fsp3) is 0.500. The van der Waals surface area contributed by atoms with Gasteiger partial charge in [0.2, 0.25) is 5.91 Å². The molecule has 1 aromatic carbocycles. The maximum Gasteiger partial charge on any atom is 0.253 e. The van der Waals surface area contributed by atoms with E-state index in [0.717, 1.165) is 31.7 Å². The van der Waals surface area contributed by atoms with Crippen LogP contribution in [0.1, 0.15) is 30.6 Å². The Morgan fingerprint density at radius 3 is 2.44 bits per heavy atom. The van der Waals surface area contributed by atoms with Gasteiger partial charge in [0.05, 0.1) is 0 Å². The minimum atomic E-state index is -0.173. The Balaban J connectivity index is 2.07. The third-order valence-corrected chi connectivity index (χ3v) is 5.22. The van der Waals surface area contributed by atoms with Crippen LogP contribution in [0.3, 0.4) is 0 Å².